The third-order valence-electron chi connectivity index (χ3n) is 3.13. The number of hydrogen-bond acceptors (Lipinski definition) is 5. The Labute approximate surface area is 122 Å². The molecule has 114 valence electrons. The van der Waals surface area contributed by atoms with E-state index in [9.17, 15) is 9.59 Å². The maximum Gasteiger partial charge on any atom is 0.339 e. The van der Waals surface area contributed by atoms with Crippen LogP contribution >= 0.6 is 0 Å². The van der Waals surface area contributed by atoms with Crippen molar-refractivity contribution < 1.29 is 28.9 Å². The quantitative estimate of drug-likeness (QED) is 0.857. The van der Waals surface area contributed by atoms with E-state index in [1.807, 2.05) is 0 Å². The van der Waals surface area contributed by atoms with Crippen molar-refractivity contribution in [2.24, 2.45) is 0 Å². The number of rotatable bonds is 5. The second kappa shape index (κ2) is 6.94. The molecule has 0 radical (unpaired) electrons. The Bertz CT molecular complexity index is 524. The van der Waals surface area contributed by atoms with Crippen LogP contribution in [0.2, 0.25) is 0 Å². The third kappa shape index (κ3) is 3.85. The Morgan fingerprint density at radius 1 is 1.33 bits per heavy atom. The van der Waals surface area contributed by atoms with Gasteiger partial charge in [-0.25, -0.2) is 4.79 Å². The molecule has 0 atom stereocenters. The summed E-state index contributed by atoms with van der Waals surface area (Å²) in [5.41, 5.74) is -0.00872. The van der Waals surface area contributed by atoms with Crippen LogP contribution in [-0.4, -0.2) is 61.9 Å². The summed E-state index contributed by atoms with van der Waals surface area (Å²) in [4.78, 5) is 24.7. The van der Waals surface area contributed by atoms with Gasteiger partial charge in [-0.3, -0.25) is 4.79 Å². The normalized spacial score (nSPS) is 14.6. The zero-order chi connectivity index (χ0) is 15.2. The van der Waals surface area contributed by atoms with E-state index in [1.54, 1.807) is 4.90 Å². The highest BCUT2D eigenvalue weighted by Gasteiger charge is 2.19. The standard InChI is InChI=1S/C14H17NO6/c1-19-10-2-3-11(14(17)18)12(8-10)21-9-13(16)15-4-6-20-7-5-15/h2-3,8H,4-7,9H2,1H3,(H,17,18). The first-order valence-electron chi connectivity index (χ1n) is 6.51. The Balaban J connectivity index is 2.04. The van der Waals surface area contributed by atoms with Gasteiger partial charge in [-0.15, -0.1) is 0 Å². The summed E-state index contributed by atoms with van der Waals surface area (Å²) in [6.45, 7) is 1.84. The fourth-order valence-electron chi connectivity index (χ4n) is 1.97. The number of aromatic carboxylic acids is 1. The average Bonchev–Trinajstić information content (AvgIpc) is 2.52. The summed E-state index contributed by atoms with van der Waals surface area (Å²) in [6.07, 6.45) is 0. The highest BCUT2D eigenvalue weighted by Crippen LogP contribution is 2.25. The molecule has 1 aliphatic heterocycles. The molecular formula is C14H17NO6. The van der Waals surface area contributed by atoms with Crippen LogP contribution in [0.1, 0.15) is 10.4 Å². The van der Waals surface area contributed by atoms with Gasteiger partial charge in [-0.05, 0) is 12.1 Å². The monoisotopic (exact) mass is 295 g/mol. The number of carbonyl (C=O) groups excluding carboxylic acids is 1. The maximum absolute atomic E-state index is 12.0. The van der Waals surface area contributed by atoms with Crippen LogP contribution in [-0.2, 0) is 9.53 Å². The number of amides is 1. The van der Waals surface area contributed by atoms with Crippen molar-refractivity contribution in [2.75, 3.05) is 40.0 Å². The Morgan fingerprint density at radius 3 is 2.67 bits per heavy atom. The molecule has 0 unspecified atom stereocenters. The lowest BCUT2D eigenvalue weighted by molar-refractivity contribution is -0.137. The predicted octanol–water partition coefficient (Wildman–Crippen LogP) is 0.631. The van der Waals surface area contributed by atoms with Crippen molar-refractivity contribution in [3.8, 4) is 11.5 Å². The van der Waals surface area contributed by atoms with Crippen molar-refractivity contribution in [2.45, 2.75) is 0 Å². The fourth-order valence-corrected chi connectivity index (χ4v) is 1.97. The van der Waals surface area contributed by atoms with Gasteiger partial charge in [0.25, 0.3) is 5.91 Å². The zero-order valence-corrected chi connectivity index (χ0v) is 11.7. The van der Waals surface area contributed by atoms with Gasteiger partial charge in [0.15, 0.2) is 6.61 Å². The summed E-state index contributed by atoms with van der Waals surface area (Å²) in [7, 11) is 1.47. The van der Waals surface area contributed by atoms with E-state index < -0.39 is 5.97 Å². The van der Waals surface area contributed by atoms with Gasteiger partial charge in [0.1, 0.15) is 17.1 Å². The molecule has 1 amide bonds. The van der Waals surface area contributed by atoms with Crippen molar-refractivity contribution in [1.82, 2.24) is 4.90 Å². The largest absolute Gasteiger partial charge is 0.497 e. The van der Waals surface area contributed by atoms with Gasteiger partial charge in [0, 0.05) is 19.2 Å². The van der Waals surface area contributed by atoms with E-state index >= 15 is 0 Å². The van der Waals surface area contributed by atoms with Crippen LogP contribution in [0.25, 0.3) is 0 Å². The Hall–Kier alpha value is -2.28. The number of morpholine rings is 1. The highest BCUT2D eigenvalue weighted by molar-refractivity contribution is 5.91. The molecule has 0 spiro atoms. The zero-order valence-electron chi connectivity index (χ0n) is 11.7. The molecule has 1 heterocycles. The van der Waals surface area contributed by atoms with Crippen molar-refractivity contribution >= 4 is 11.9 Å². The van der Waals surface area contributed by atoms with Crippen LogP contribution in [0.5, 0.6) is 11.5 Å². The molecule has 0 bridgehead atoms. The predicted molar refractivity (Wildman–Crippen MR) is 72.8 cm³/mol. The van der Waals surface area contributed by atoms with E-state index in [4.69, 9.17) is 19.3 Å². The highest BCUT2D eigenvalue weighted by atomic mass is 16.5. The summed E-state index contributed by atoms with van der Waals surface area (Å²) in [5, 5.41) is 9.11. The molecule has 7 heteroatoms. The average molecular weight is 295 g/mol. The second-order valence-electron chi connectivity index (χ2n) is 4.45. The van der Waals surface area contributed by atoms with Crippen molar-refractivity contribution in [1.29, 1.82) is 0 Å². The summed E-state index contributed by atoms with van der Waals surface area (Å²) in [5.74, 6) is -0.735. The minimum Gasteiger partial charge on any atom is -0.497 e. The molecule has 1 saturated heterocycles. The smallest absolute Gasteiger partial charge is 0.339 e. The topological polar surface area (TPSA) is 85.3 Å². The minimum atomic E-state index is -1.12. The number of ether oxygens (including phenoxy) is 3. The lowest BCUT2D eigenvalue weighted by Crippen LogP contribution is -2.43. The van der Waals surface area contributed by atoms with Crippen LogP contribution in [0, 0.1) is 0 Å². The molecule has 1 aliphatic rings. The van der Waals surface area contributed by atoms with Crippen LogP contribution in [0.4, 0.5) is 0 Å². The lowest BCUT2D eigenvalue weighted by Gasteiger charge is -2.26. The van der Waals surface area contributed by atoms with Crippen LogP contribution in [0.15, 0.2) is 18.2 Å². The number of carboxylic acids is 1. The Kier molecular flexibility index (Phi) is 4.99. The second-order valence-corrected chi connectivity index (χ2v) is 4.45. The number of benzene rings is 1. The third-order valence-corrected chi connectivity index (χ3v) is 3.13. The fraction of sp³-hybridized carbons (Fsp3) is 0.429. The van der Waals surface area contributed by atoms with E-state index in [0.717, 1.165) is 0 Å². The van der Waals surface area contributed by atoms with Gasteiger partial charge in [-0.1, -0.05) is 0 Å². The van der Waals surface area contributed by atoms with Crippen LogP contribution < -0.4 is 9.47 Å². The maximum atomic E-state index is 12.0. The number of carbonyl (C=O) groups is 2. The molecular weight excluding hydrogens is 278 g/mol. The van der Waals surface area contributed by atoms with E-state index in [-0.39, 0.29) is 23.8 Å². The molecule has 0 aliphatic carbocycles. The van der Waals surface area contributed by atoms with Gasteiger partial charge < -0.3 is 24.2 Å². The SMILES string of the molecule is COc1ccc(C(=O)O)c(OCC(=O)N2CCOCC2)c1. The Morgan fingerprint density at radius 2 is 2.05 bits per heavy atom. The summed E-state index contributed by atoms with van der Waals surface area (Å²) >= 11 is 0. The molecule has 1 aromatic carbocycles. The number of nitrogens with zero attached hydrogens (tertiary/aromatic N) is 1. The minimum absolute atomic E-state index is 0.00872. The number of hydrogen-bond donors (Lipinski definition) is 1. The molecule has 1 fully saturated rings. The lowest BCUT2D eigenvalue weighted by atomic mass is 10.2. The van der Waals surface area contributed by atoms with Crippen LogP contribution in [0.3, 0.4) is 0 Å². The van der Waals surface area contributed by atoms with Crippen molar-refractivity contribution in [3.05, 3.63) is 23.8 Å². The van der Waals surface area contributed by atoms with Gasteiger partial charge in [-0.2, -0.15) is 0 Å². The molecule has 0 saturated carbocycles. The first-order valence-corrected chi connectivity index (χ1v) is 6.51. The first-order chi connectivity index (χ1) is 10.1. The van der Waals surface area contributed by atoms with Crippen molar-refractivity contribution in [3.63, 3.8) is 0 Å². The molecule has 1 N–H and O–H groups in total. The van der Waals surface area contributed by atoms with Gasteiger partial charge in [0.2, 0.25) is 0 Å². The molecule has 7 nitrogen and oxygen atoms in total. The van der Waals surface area contributed by atoms with E-state index in [1.165, 1.54) is 25.3 Å². The van der Waals surface area contributed by atoms with Gasteiger partial charge >= 0.3 is 5.97 Å². The van der Waals surface area contributed by atoms with E-state index in [2.05, 4.69) is 0 Å². The summed E-state index contributed by atoms with van der Waals surface area (Å²) in [6, 6.07) is 4.37. The summed E-state index contributed by atoms with van der Waals surface area (Å²) < 4.78 is 15.6. The molecule has 2 rings (SSSR count). The number of methoxy groups -OCH3 is 1. The molecule has 1 aromatic rings. The van der Waals surface area contributed by atoms with Gasteiger partial charge in [0.05, 0.1) is 20.3 Å². The first kappa shape index (κ1) is 15.1. The molecule has 0 aromatic heterocycles. The molecule has 21 heavy (non-hydrogen) atoms. The number of carboxylic acid groups (broad SMARTS) is 1. The van der Waals surface area contributed by atoms with E-state index in [0.29, 0.717) is 32.1 Å².